The molecule has 3 unspecified atom stereocenters. The van der Waals surface area contributed by atoms with Gasteiger partial charge in [0, 0.05) is 22.7 Å². The first kappa shape index (κ1) is 24.0. The molecule has 0 aliphatic heterocycles. The second-order valence-corrected chi connectivity index (χ2v) is 8.51. The Balaban J connectivity index is 1.89. The number of fused-ring (bicyclic) bond motifs is 2. The molecule has 1 heterocycles. The highest BCUT2D eigenvalue weighted by molar-refractivity contribution is 5.91. The van der Waals surface area contributed by atoms with E-state index in [1.807, 2.05) is 0 Å². The van der Waals surface area contributed by atoms with Crippen LogP contribution >= 0.6 is 0 Å². The van der Waals surface area contributed by atoms with Crippen molar-refractivity contribution in [2.24, 2.45) is 0 Å². The molecule has 0 radical (unpaired) electrons. The molecule has 1 aliphatic carbocycles. The fraction of sp³-hybridized carbons (Fsp3) is 0.375. The summed E-state index contributed by atoms with van der Waals surface area (Å²) in [5.74, 6) is -1.93. The Bertz CT molecular complexity index is 1290. The third-order valence-electron chi connectivity index (χ3n) is 6.69. The summed E-state index contributed by atoms with van der Waals surface area (Å²) < 4.78 is 62.6. The van der Waals surface area contributed by atoms with Gasteiger partial charge in [0.15, 0.2) is 17.2 Å². The molecule has 0 saturated carbocycles. The van der Waals surface area contributed by atoms with E-state index < -0.39 is 42.1 Å². The Morgan fingerprint density at radius 1 is 1.18 bits per heavy atom. The van der Waals surface area contributed by atoms with Gasteiger partial charge in [-0.05, 0) is 48.6 Å². The number of ether oxygens (including phenoxy) is 1. The van der Waals surface area contributed by atoms with E-state index >= 15 is 0 Å². The highest BCUT2D eigenvalue weighted by Gasteiger charge is 2.69. The van der Waals surface area contributed by atoms with Crippen LogP contribution in [0.4, 0.5) is 23.2 Å². The Morgan fingerprint density at radius 3 is 2.56 bits per heavy atom. The molecule has 10 heteroatoms. The minimum absolute atomic E-state index is 0.102. The molecule has 2 aromatic carbocycles. The molecule has 0 amide bonds. The summed E-state index contributed by atoms with van der Waals surface area (Å²) in [5.41, 5.74) is -6.14. The van der Waals surface area contributed by atoms with Crippen molar-refractivity contribution in [3.05, 3.63) is 69.8 Å². The second kappa shape index (κ2) is 8.28. The lowest BCUT2D eigenvalue weighted by Crippen LogP contribution is -2.66. The zero-order valence-corrected chi connectivity index (χ0v) is 18.5. The van der Waals surface area contributed by atoms with Gasteiger partial charge in [-0.15, -0.1) is 0 Å². The molecule has 0 spiro atoms. The number of alkyl halides is 3. The van der Waals surface area contributed by atoms with Crippen molar-refractivity contribution in [2.75, 3.05) is 19.0 Å². The van der Waals surface area contributed by atoms with Gasteiger partial charge in [-0.2, -0.15) is 13.2 Å². The minimum atomic E-state index is -5.19. The fourth-order valence-corrected chi connectivity index (χ4v) is 4.90. The Kier molecular flexibility index (Phi) is 5.85. The van der Waals surface area contributed by atoms with E-state index in [2.05, 4.69) is 10.3 Å². The number of rotatable bonds is 5. The molecule has 1 aliphatic rings. The summed E-state index contributed by atoms with van der Waals surface area (Å²) in [6.45, 7) is 0.870. The minimum Gasteiger partial charge on any atom is -0.493 e. The van der Waals surface area contributed by atoms with Crippen molar-refractivity contribution in [1.29, 1.82) is 0 Å². The maximum atomic E-state index is 14.5. The van der Waals surface area contributed by atoms with Crippen LogP contribution in [-0.4, -0.2) is 40.6 Å². The van der Waals surface area contributed by atoms with E-state index in [9.17, 15) is 32.6 Å². The van der Waals surface area contributed by atoms with Crippen molar-refractivity contribution in [1.82, 2.24) is 4.98 Å². The third-order valence-corrected chi connectivity index (χ3v) is 6.69. The van der Waals surface area contributed by atoms with Gasteiger partial charge in [-0.3, -0.25) is 4.79 Å². The van der Waals surface area contributed by atoms with Crippen molar-refractivity contribution < 1.29 is 32.5 Å². The van der Waals surface area contributed by atoms with Crippen LogP contribution < -0.4 is 15.6 Å². The SMILES string of the molecule is CCC1CC(O)(C(F)(F)F)C(O)(CNc2cccc3[nH]c(=O)ccc23)c2ccc(F)c(OC)c21. The fourth-order valence-electron chi connectivity index (χ4n) is 4.90. The normalized spacial score (nSPS) is 24.6. The van der Waals surface area contributed by atoms with Gasteiger partial charge in [0.2, 0.25) is 5.56 Å². The quantitative estimate of drug-likeness (QED) is 0.412. The summed E-state index contributed by atoms with van der Waals surface area (Å²) in [7, 11) is 1.20. The van der Waals surface area contributed by atoms with Crippen LogP contribution in [0.1, 0.15) is 36.8 Å². The molecule has 34 heavy (non-hydrogen) atoms. The Labute approximate surface area is 192 Å². The van der Waals surface area contributed by atoms with Crippen molar-refractivity contribution in [3.8, 4) is 5.75 Å². The number of aromatic nitrogens is 1. The van der Waals surface area contributed by atoms with Gasteiger partial charge >= 0.3 is 6.18 Å². The van der Waals surface area contributed by atoms with Crippen LogP contribution in [0.3, 0.4) is 0 Å². The summed E-state index contributed by atoms with van der Waals surface area (Å²) in [5, 5.41) is 26.0. The number of methoxy groups -OCH3 is 1. The number of H-pyrrole nitrogens is 1. The largest absolute Gasteiger partial charge is 0.493 e. The highest BCUT2D eigenvalue weighted by atomic mass is 19.4. The molecular weight excluding hydrogens is 456 g/mol. The molecular formula is C24H24F4N2O4. The van der Waals surface area contributed by atoms with Gasteiger partial charge in [0.05, 0.1) is 19.2 Å². The number of benzene rings is 2. The van der Waals surface area contributed by atoms with Crippen LogP contribution in [0.5, 0.6) is 5.75 Å². The molecule has 3 aromatic rings. The smallest absolute Gasteiger partial charge is 0.420 e. The molecule has 1 aromatic heterocycles. The zero-order chi connectivity index (χ0) is 24.9. The first-order chi connectivity index (χ1) is 16.0. The predicted octanol–water partition coefficient (Wildman–Crippen LogP) is 4.17. The predicted molar refractivity (Wildman–Crippen MR) is 119 cm³/mol. The van der Waals surface area contributed by atoms with Crippen molar-refractivity contribution in [2.45, 2.75) is 43.1 Å². The summed E-state index contributed by atoms with van der Waals surface area (Å²) in [6, 6.07) is 9.52. The number of pyridine rings is 1. The summed E-state index contributed by atoms with van der Waals surface area (Å²) in [4.78, 5) is 14.2. The zero-order valence-electron chi connectivity index (χ0n) is 18.5. The van der Waals surface area contributed by atoms with Crippen molar-refractivity contribution >= 4 is 16.6 Å². The van der Waals surface area contributed by atoms with Crippen LogP contribution in [0.15, 0.2) is 47.3 Å². The van der Waals surface area contributed by atoms with Gasteiger partial charge in [-0.25, -0.2) is 4.39 Å². The number of hydrogen-bond acceptors (Lipinski definition) is 5. The molecule has 0 bridgehead atoms. The van der Waals surface area contributed by atoms with E-state index in [0.29, 0.717) is 16.6 Å². The summed E-state index contributed by atoms with van der Waals surface area (Å²) in [6.07, 6.45) is -5.91. The average molecular weight is 480 g/mol. The summed E-state index contributed by atoms with van der Waals surface area (Å²) >= 11 is 0. The van der Waals surface area contributed by atoms with Gasteiger partial charge < -0.3 is 25.3 Å². The third kappa shape index (κ3) is 3.52. The second-order valence-electron chi connectivity index (χ2n) is 8.51. The first-order valence-electron chi connectivity index (χ1n) is 10.7. The van der Waals surface area contributed by atoms with Crippen molar-refractivity contribution in [3.63, 3.8) is 0 Å². The van der Waals surface area contributed by atoms with E-state index in [1.54, 1.807) is 25.1 Å². The van der Waals surface area contributed by atoms with E-state index in [0.717, 1.165) is 12.1 Å². The molecule has 0 saturated heterocycles. The molecule has 3 atom stereocenters. The lowest BCUT2D eigenvalue weighted by atomic mass is 9.63. The Hall–Kier alpha value is -3.11. The van der Waals surface area contributed by atoms with Crippen LogP contribution in [0.25, 0.3) is 10.9 Å². The number of hydrogen-bond donors (Lipinski definition) is 4. The van der Waals surface area contributed by atoms with Gasteiger partial charge in [-0.1, -0.05) is 19.1 Å². The molecule has 4 rings (SSSR count). The van der Waals surface area contributed by atoms with Crippen LogP contribution in [-0.2, 0) is 5.60 Å². The maximum Gasteiger partial charge on any atom is 0.420 e. The lowest BCUT2D eigenvalue weighted by Gasteiger charge is -2.51. The topological polar surface area (TPSA) is 94.6 Å². The van der Waals surface area contributed by atoms with E-state index in [4.69, 9.17) is 4.74 Å². The standard InChI is InChI=1S/C24H24F4N2O4/c1-3-13-11-23(33,24(26,27)28)22(32,15-8-9-16(25)21(34-2)20(13)15)12-29-17-5-4-6-18-14(17)7-10-19(31)30-18/h4-10,13,29,32-33H,3,11-12H2,1-2H3,(H,30,31). The highest BCUT2D eigenvalue weighted by Crippen LogP contribution is 2.57. The number of halogens is 4. The monoisotopic (exact) mass is 480 g/mol. The molecule has 0 fully saturated rings. The van der Waals surface area contributed by atoms with Gasteiger partial charge in [0.25, 0.3) is 0 Å². The average Bonchev–Trinajstić information content (AvgIpc) is 2.79. The van der Waals surface area contributed by atoms with E-state index in [-0.39, 0.29) is 28.9 Å². The molecule has 6 nitrogen and oxygen atoms in total. The number of anilines is 1. The number of nitrogens with one attached hydrogen (secondary N) is 2. The molecule has 182 valence electrons. The number of aliphatic hydroxyl groups is 2. The lowest BCUT2D eigenvalue weighted by molar-refractivity contribution is -0.327. The first-order valence-corrected chi connectivity index (χ1v) is 10.7. The van der Waals surface area contributed by atoms with Crippen LogP contribution in [0, 0.1) is 5.82 Å². The van der Waals surface area contributed by atoms with Crippen LogP contribution in [0.2, 0.25) is 0 Å². The maximum absolute atomic E-state index is 14.5. The van der Waals surface area contributed by atoms with E-state index in [1.165, 1.54) is 19.2 Å². The van der Waals surface area contributed by atoms with Gasteiger partial charge in [0.1, 0.15) is 5.60 Å². The number of aromatic amines is 1. The molecule has 4 N–H and O–H groups in total. The Morgan fingerprint density at radius 2 is 1.91 bits per heavy atom.